The van der Waals surface area contributed by atoms with Gasteiger partial charge in [0, 0.05) is 35.0 Å². The molecule has 15 nitrogen and oxygen atoms in total. The second-order valence-corrected chi connectivity index (χ2v) is 12.7. The third kappa shape index (κ3) is 6.41. The van der Waals surface area contributed by atoms with Gasteiger partial charge in [-0.15, -0.1) is 23.1 Å². The number of thiazole rings is 2. The summed E-state index contributed by atoms with van der Waals surface area (Å²) in [5.41, 5.74) is 6.21. The molecule has 6 N–H and O–H groups in total. The SMILES string of the molecule is C[C@H](O/N=C(\C(=O)N[C@@H]1C(=O)N2C(C(=O)O)=C(C[n+]3ccc(Nc4nccs4)cc3)CSC12)c1nc(N)sc1Cl)C(=O)O. The Balaban J connectivity index is 1.31. The minimum absolute atomic E-state index is 0.00294. The summed E-state index contributed by atoms with van der Waals surface area (Å²) in [6.45, 7) is 1.42. The zero-order valence-corrected chi connectivity index (χ0v) is 25.2. The number of fused-ring (bicyclic) bond motifs is 1. The molecule has 43 heavy (non-hydrogen) atoms. The molecule has 0 saturated carbocycles. The number of β-lactam (4-membered cyclic amide) rings is 1. The summed E-state index contributed by atoms with van der Waals surface area (Å²) in [4.78, 5) is 64.1. The number of carboxylic acids is 2. The highest BCUT2D eigenvalue weighted by Crippen LogP contribution is 2.40. The quantitative estimate of drug-likeness (QED) is 0.0853. The fourth-order valence-electron chi connectivity index (χ4n) is 4.12. The van der Waals surface area contributed by atoms with Crippen LogP contribution in [0.5, 0.6) is 0 Å². The number of oxime groups is 1. The minimum Gasteiger partial charge on any atom is -0.478 e. The van der Waals surface area contributed by atoms with Gasteiger partial charge in [0.2, 0.25) is 6.10 Å². The Bertz CT molecular complexity index is 1640. The third-order valence-electron chi connectivity index (χ3n) is 6.18. The molecule has 3 aromatic rings. The van der Waals surface area contributed by atoms with E-state index in [0.717, 1.165) is 27.1 Å². The standard InChI is InChI=1S/C24H21ClN8O7S3/c1-10(21(36)37)40-31-14(13-17(25)43-23(26)30-13)18(34)29-15-19(35)33-16(22(38)39)11(9-42-20(15)33)8-32-5-2-12(3-6-32)28-24-27-4-7-41-24/h2-7,10,15,20H,8-9H2,1H3,(H5,26,29,30,34,36,37,38,39)/p+1/b31-14-/t10-,15+,20?/m0/s1. The molecule has 224 valence electrons. The van der Waals surface area contributed by atoms with Crippen LogP contribution in [0.15, 0.2) is 52.5 Å². The normalized spacial score (nSPS) is 18.9. The number of anilines is 3. The summed E-state index contributed by atoms with van der Waals surface area (Å²) in [5.74, 6) is -3.90. The number of aliphatic carboxylic acids is 2. The number of carbonyl (C=O) groups is 4. The summed E-state index contributed by atoms with van der Waals surface area (Å²) >= 11 is 9.75. The molecule has 1 fully saturated rings. The van der Waals surface area contributed by atoms with E-state index in [4.69, 9.17) is 27.3 Å². The van der Waals surface area contributed by atoms with Gasteiger partial charge in [-0.1, -0.05) is 28.1 Å². The zero-order chi connectivity index (χ0) is 30.8. The maximum atomic E-state index is 13.2. The predicted molar refractivity (Wildman–Crippen MR) is 158 cm³/mol. The number of amides is 2. The van der Waals surface area contributed by atoms with Crippen molar-refractivity contribution in [3.63, 3.8) is 0 Å². The first kappa shape index (κ1) is 30.2. The largest absolute Gasteiger partial charge is 0.478 e. The van der Waals surface area contributed by atoms with Crippen LogP contribution in [0.3, 0.4) is 0 Å². The van der Waals surface area contributed by atoms with Gasteiger partial charge < -0.3 is 31.4 Å². The molecule has 1 unspecified atom stereocenters. The molecular formula is C24H22ClN8O7S3+. The molecule has 3 aromatic heterocycles. The lowest BCUT2D eigenvalue weighted by Crippen LogP contribution is -2.71. The van der Waals surface area contributed by atoms with Crippen LogP contribution in [-0.4, -0.2) is 77.8 Å². The number of thioether (sulfide) groups is 1. The van der Waals surface area contributed by atoms with Gasteiger partial charge in [0.25, 0.3) is 11.8 Å². The van der Waals surface area contributed by atoms with E-state index in [9.17, 15) is 24.3 Å². The number of carbonyl (C=O) groups excluding carboxylic acids is 2. The Morgan fingerprint density at radius 1 is 1.33 bits per heavy atom. The summed E-state index contributed by atoms with van der Waals surface area (Å²) in [5, 5.41) is 30.4. The third-order valence-corrected chi connectivity index (χ3v) is 9.29. The number of nitrogen functional groups attached to an aromatic ring is 1. The Morgan fingerprint density at radius 3 is 2.67 bits per heavy atom. The molecular weight excluding hydrogens is 644 g/mol. The molecule has 0 bridgehead atoms. The first-order chi connectivity index (χ1) is 20.5. The molecule has 0 aliphatic carbocycles. The Hall–Kier alpha value is -4.26. The summed E-state index contributed by atoms with van der Waals surface area (Å²) in [7, 11) is 0. The van der Waals surface area contributed by atoms with Crippen molar-refractivity contribution in [1.82, 2.24) is 20.2 Å². The van der Waals surface area contributed by atoms with Crippen molar-refractivity contribution in [2.24, 2.45) is 5.16 Å². The number of pyridine rings is 1. The fraction of sp³-hybridized carbons (Fsp3) is 0.250. The van der Waals surface area contributed by atoms with Crippen LogP contribution in [0, 0.1) is 0 Å². The molecule has 19 heteroatoms. The molecule has 3 atom stereocenters. The molecule has 1 saturated heterocycles. The van der Waals surface area contributed by atoms with Crippen LogP contribution in [0.4, 0.5) is 16.0 Å². The monoisotopic (exact) mass is 665 g/mol. The van der Waals surface area contributed by atoms with E-state index in [-0.39, 0.29) is 33.2 Å². The van der Waals surface area contributed by atoms with Crippen LogP contribution >= 0.6 is 46.0 Å². The predicted octanol–water partition coefficient (Wildman–Crippen LogP) is 1.50. The summed E-state index contributed by atoms with van der Waals surface area (Å²) < 4.78 is 1.79. The summed E-state index contributed by atoms with van der Waals surface area (Å²) in [6.07, 6.45) is 3.85. The van der Waals surface area contributed by atoms with Crippen LogP contribution < -0.4 is 20.9 Å². The average molecular weight is 666 g/mol. The highest BCUT2D eigenvalue weighted by atomic mass is 35.5. The first-order valence-corrected chi connectivity index (χ1v) is 15.4. The van der Waals surface area contributed by atoms with Gasteiger partial charge in [0.15, 0.2) is 34.9 Å². The van der Waals surface area contributed by atoms with Crippen molar-refractivity contribution >= 4 is 91.5 Å². The van der Waals surface area contributed by atoms with E-state index in [2.05, 4.69) is 25.8 Å². The summed E-state index contributed by atoms with van der Waals surface area (Å²) in [6, 6.07) is 2.54. The van der Waals surface area contributed by atoms with Crippen LogP contribution in [0.1, 0.15) is 12.6 Å². The molecule has 0 radical (unpaired) electrons. The molecule has 0 aromatic carbocycles. The lowest BCUT2D eigenvalue weighted by atomic mass is 10.0. The van der Waals surface area contributed by atoms with Crippen molar-refractivity contribution in [3.8, 4) is 0 Å². The molecule has 2 aliphatic rings. The van der Waals surface area contributed by atoms with E-state index in [1.54, 1.807) is 23.2 Å². The van der Waals surface area contributed by atoms with Crippen LogP contribution in [0.2, 0.25) is 4.34 Å². The lowest BCUT2D eigenvalue weighted by molar-refractivity contribution is -0.688. The van der Waals surface area contributed by atoms with Gasteiger partial charge in [0.05, 0.1) is 5.69 Å². The lowest BCUT2D eigenvalue weighted by Gasteiger charge is -2.49. The highest BCUT2D eigenvalue weighted by Gasteiger charge is 2.55. The number of nitrogens with zero attached hydrogens (tertiary/aromatic N) is 5. The van der Waals surface area contributed by atoms with E-state index >= 15 is 0 Å². The number of aromatic nitrogens is 3. The molecule has 2 aliphatic heterocycles. The van der Waals surface area contributed by atoms with Crippen molar-refractivity contribution < 1.29 is 38.8 Å². The van der Waals surface area contributed by atoms with Gasteiger partial charge in [-0.05, 0) is 6.92 Å². The van der Waals surface area contributed by atoms with Crippen molar-refractivity contribution in [2.75, 3.05) is 16.8 Å². The van der Waals surface area contributed by atoms with E-state index in [1.807, 2.05) is 17.5 Å². The number of hydrogen-bond acceptors (Lipinski definition) is 13. The molecule has 5 rings (SSSR count). The van der Waals surface area contributed by atoms with Crippen LogP contribution in [-0.2, 0) is 30.6 Å². The van der Waals surface area contributed by atoms with Crippen LogP contribution in [0.25, 0.3) is 0 Å². The topological polar surface area (TPSA) is 213 Å². The van der Waals surface area contributed by atoms with E-state index in [1.165, 1.54) is 30.0 Å². The average Bonchev–Trinajstić information content (AvgIpc) is 3.60. The van der Waals surface area contributed by atoms with Crippen molar-refractivity contribution in [3.05, 3.63) is 57.4 Å². The number of halogens is 1. The maximum Gasteiger partial charge on any atom is 0.352 e. The van der Waals surface area contributed by atoms with Gasteiger partial charge in [-0.3, -0.25) is 14.5 Å². The fourth-order valence-corrected chi connectivity index (χ4v) is 6.93. The number of rotatable bonds is 11. The number of nitrogens with one attached hydrogen (secondary N) is 2. The number of carboxylic acid groups (broad SMARTS) is 2. The molecule has 5 heterocycles. The number of nitrogens with two attached hydrogens (primary N) is 1. The Labute approximate surface area is 260 Å². The van der Waals surface area contributed by atoms with Crippen molar-refractivity contribution in [1.29, 1.82) is 0 Å². The van der Waals surface area contributed by atoms with E-state index < -0.39 is 47.0 Å². The van der Waals surface area contributed by atoms with Crippen molar-refractivity contribution in [2.45, 2.75) is 31.0 Å². The minimum atomic E-state index is -1.41. The van der Waals surface area contributed by atoms with Gasteiger partial charge in [-0.2, -0.15) is 0 Å². The highest BCUT2D eigenvalue weighted by molar-refractivity contribution is 8.00. The molecule has 2 amide bonds. The Kier molecular flexibility index (Phi) is 8.81. The zero-order valence-electron chi connectivity index (χ0n) is 22.0. The van der Waals surface area contributed by atoms with Gasteiger partial charge in [0.1, 0.15) is 27.1 Å². The van der Waals surface area contributed by atoms with E-state index in [0.29, 0.717) is 5.57 Å². The van der Waals surface area contributed by atoms with Gasteiger partial charge >= 0.3 is 11.9 Å². The Morgan fingerprint density at radius 2 is 2.07 bits per heavy atom. The number of hydrogen-bond donors (Lipinski definition) is 5. The first-order valence-electron chi connectivity index (χ1n) is 12.3. The van der Waals surface area contributed by atoms with Gasteiger partial charge in [-0.25, -0.2) is 24.1 Å². The molecule has 0 spiro atoms. The smallest absolute Gasteiger partial charge is 0.352 e. The second-order valence-electron chi connectivity index (χ2n) is 9.04. The maximum absolute atomic E-state index is 13.2. The second kappa shape index (κ2) is 12.5.